The first-order chi connectivity index (χ1) is 9.33. The maximum Gasteiger partial charge on any atom is 0.162 e. The van der Waals surface area contributed by atoms with Crippen LogP contribution in [0.15, 0.2) is 23.1 Å². The van der Waals surface area contributed by atoms with Gasteiger partial charge in [0.05, 0.1) is 24.0 Å². The molecular formula is C14H19NO3S. The van der Waals surface area contributed by atoms with Crippen molar-refractivity contribution in [3.63, 3.8) is 0 Å². The molecule has 1 aromatic rings. The first kappa shape index (κ1) is 12.9. The summed E-state index contributed by atoms with van der Waals surface area (Å²) in [6.45, 7) is 2.15. The van der Waals surface area contributed by atoms with E-state index in [2.05, 4.69) is 5.32 Å². The molecular weight excluding hydrogens is 262 g/mol. The Balaban J connectivity index is 1.62. The minimum absolute atomic E-state index is 0.649. The van der Waals surface area contributed by atoms with Crippen LogP contribution < -0.4 is 14.8 Å². The van der Waals surface area contributed by atoms with Gasteiger partial charge in [0.1, 0.15) is 0 Å². The third-order valence-corrected chi connectivity index (χ3v) is 4.63. The number of rotatable bonds is 5. The molecule has 1 saturated carbocycles. The number of ether oxygens (including phenoxy) is 2. The number of hydrogen-bond acceptors (Lipinski definition) is 4. The van der Waals surface area contributed by atoms with Gasteiger partial charge in [-0.2, -0.15) is 0 Å². The van der Waals surface area contributed by atoms with Crippen LogP contribution in [0.2, 0.25) is 0 Å². The van der Waals surface area contributed by atoms with Gasteiger partial charge < -0.3 is 14.8 Å². The lowest BCUT2D eigenvalue weighted by Crippen LogP contribution is -2.22. The first-order valence-corrected chi connectivity index (χ1v) is 8.16. The zero-order chi connectivity index (χ0) is 13.1. The SMILES string of the molecule is O=S(CCNC1CC1)c1ccc2c(c1)OCCCO2. The van der Waals surface area contributed by atoms with Gasteiger partial charge in [0.25, 0.3) is 0 Å². The van der Waals surface area contributed by atoms with Crippen LogP contribution >= 0.6 is 0 Å². The highest BCUT2D eigenvalue weighted by molar-refractivity contribution is 7.85. The van der Waals surface area contributed by atoms with Crippen molar-refractivity contribution in [1.29, 1.82) is 0 Å². The maximum absolute atomic E-state index is 12.2. The summed E-state index contributed by atoms with van der Waals surface area (Å²) in [4.78, 5) is 0.821. The van der Waals surface area contributed by atoms with Gasteiger partial charge in [-0.1, -0.05) is 0 Å². The monoisotopic (exact) mass is 281 g/mol. The van der Waals surface area contributed by atoms with Crippen molar-refractivity contribution in [3.05, 3.63) is 18.2 Å². The summed E-state index contributed by atoms with van der Waals surface area (Å²) in [5.74, 6) is 2.13. The Morgan fingerprint density at radius 3 is 2.79 bits per heavy atom. The van der Waals surface area contributed by atoms with E-state index in [9.17, 15) is 4.21 Å². The summed E-state index contributed by atoms with van der Waals surface area (Å²) in [6, 6.07) is 6.26. The van der Waals surface area contributed by atoms with E-state index in [0.717, 1.165) is 29.4 Å². The van der Waals surface area contributed by atoms with Gasteiger partial charge >= 0.3 is 0 Å². The average Bonchev–Trinajstić information content (AvgIpc) is 3.24. The van der Waals surface area contributed by atoms with Crippen LogP contribution in [0, 0.1) is 0 Å². The lowest BCUT2D eigenvalue weighted by atomic mass is 10.3. The van der Waals surface area contributed by atoms with E-state index in [1.807, 2.05) is 18.2 Å². The van der Waals surface area contributed by atoms with Crippen LogP contribution in [0.5, 0.6) is 11.5 Å². The average molecular weight is 281 g/mol. The third-order valence-electron chi connectivity index (χ3n) is 3.28. The van der Waals surface area contributed by atoms with E-state index in [1.165, 1.54) is 12.8 Å². The Labute approximate surface area is 115 Å². The molecule has 5 heteroatoms. The van der Waals surface area contributed by atoms with Gasteiger partial charge in [0, 0.05) is 35.7 Å². The van der Waals surface area contributed by atoms with Crippen molar-refractivity contribution in [2.24, 2.45) is 0 Å². The molecule has 2 aliphatic rings. The van der Waals surface area contributed by atoms with Gasteiger partial charge in [-0.3, -0.25) is 4.21 Å². The molecule has 104 valence electrons. The highest BCUT2D eigenvalue weighted by atomic mass is 32.2. The van der Waals surface area contributed by atoms with Gasteiger partial charge in [-0.05, 0) is 25.0 Å². The molecule has 1 aliphatic carbocycles. The molecule has 1 fully saturated rings. The molecule has 19 heavy (non-hydrogen) atoms. The highest BCUT2D eigenvalue weighted by Crippen LogP contribution is 2.31. The van der Waals surface area contributed by atoms with Crippen LogP contribution in [-0.2, 0) is 10.8 Å². The molecule has 1 heterocycles. The minimum atomic E-state index is -0.974. The topological polar surface area (TPSA) is 47.6 Å². The molecule has 0 bridgehead atoms. The van der Waals surface area contributed by atoms with E-state index in [-0.39, 0.29) is 0 Å². The van der Waals surface area contributed by atoms with Crippen molar-refractivity contribution in [1.82, 2.24) is 5.32 Å². The summed E-state index contributed by atoms with van der Waals surface area (Å²) in [6.07, 6.45) is 3.41. The molecule has 4 nitrogen and oxygen atoms in total. The molecule has 0 aromatic heterocycles. The third kappa shape index (κ3) is 3.48. The molecule has 0 radical (unpaired) electrons. The van der Waals surface area contributed by atoms with Crippen LogP contribution in [0.4, 0.5) is 0 Å². The molecule has 1 unspecified atom stereocenters. The second kappa shape index (κ2) is 5.92. The summed E-state index contributed by atoms with van der Waals surface area (Å²) < 4.78 is 23.4. The largest absolute Gasteiger partial charge is 0.490 e. The summed E-state index contributed by atoms with van der Waals surface area (Å²) in [5.41, 5.74) is 0. The van der Waals surface area contributed by atoms with Crippen LogP contribution in [0.3, 0.4) is 0 Å². The summed E-state index contributed by atoms with van der Waals surface area (Å²) >= 11 is 0. The molecule has 0 spiro atoms. The Hall–Kier alpha value is -1.07. The quantitative estimate of drug-likeness (QED) is 0.892. The molecule has 1 N–H and O–H groups in total. The fourth-order valence-corrected chi connectivity index (χ4v) is 3.04. The van der Waals surface area contributed by atoms with E-state index < -0.39 is 10.8 Å². The fourth-order valence-electron chi connectivity index (χ4n) is 2.05. The zero-order valence-corrected chi connectivity index (χ0v) is 11.7. The second-order valence-electron chi connectivity index (χ2n) is 4.94. The van der Waals surface area contributed by atoms with Crippen molar-refractivity contribution in [2.45, 2.75) is 30.2 Å². The van der Waals surface area contributed by atoms with E-state index in [1.54, 1.807) is 0 Å². The van der Waals surface area contributed by atoms with Crippen LogP contribution in [0.1, 0.15) is 19.3 Å². The van der Waals surface area contributed by atoms with Gasteiger partial charge in [0.15, 0.2) is 11.5 Å². The number of nitrogens with one attached hydrogen (secondary N) is 1. The highest BCUT2D eigenvalue weighted by Gasteiger charge is 2.20. The summed E-state index contributed by atoms with van der Waals surface area (Å²) in [5, 5.41) is 3.38. The van der Waals surface area contributed by atoms with Crippen molar-refractivity contribution in [3.8, 4) is 11.5 Å². The van der Waals surface area contributed by atoms with Crippen molar-refractivity contribution < 1.29 is 13.7 Å². The number of benzene rings is 1. The van der Waals surface area contributed by atoms with Gasteiger partial charge in [-0.25, -0.2) is 0 Å². The van der Waals surface area contributed by atoms with E-state index >= 15 is 0 Å². The normalized spacial score (nSPS) is 19.8. The van der Waals surface area contributed by atoms with Crippen LogP contribution in [0.25, 0.3) is 0 Å². The molecule has 0 saturated heterocycles. The Morgan fingerprint density at radius 1 is 1.21 bits per heavy atom. The second-order valence-corrected chi connectivity index (χ2v) is 6.51. The predicted molar refractivity (Wildman–Crippen MR) is 74.3 cm³/mol. The Bertz CT molecular complexity index is 474. The molecule has 1 atom stereocenters. The minimum Gasteiger partial charge on any atom is -0.490 e. The molecule has 1 aliphatic heterocycles. The Morgan fingerprint density at radius 2 is 2.00 bits per heavy atom. The predicted octanol–water partition coefficient (Wildman–Crippen LogP) is 1.71. The number of hydrogen-bond donors (Lipinski definition) is 1. The van der Waals surface area contributed by atoms with E-state index in [4.69, 9.17) is 9.47 Å². The number of fused-ring (bicyclic) bond motifs is 1. The fraction of sp³-hybridized carbons (Fsp3) is 0.571. The first-order valence-electron chi connectivity index (χ1n) is 6.84. The van der Waals surface area contributed by atoms with E-state index in [0.29, 0.717) is 25.0 Å². The van der Waals surface area contributed by atoms with Gasteiger partial charge in [0.2, 0.25) is 0 Å². The molecule has 1 aromatic carbocycles. The zero-order valence-electron chi connectivity index (χ0n) is 10.9. The standard InChI is InChI=1S/C14H19NO3S/c16-19(9-6-15-11-2-3-11)12-4-5-13-14(10-12)18-8-1-7-17-13/h4-5,10-11,15H,1-3,6-9H2. The lowest BCUT2D eigenvalue weighted by molar-refractivity contribution is 0.297. The lowest BCUT2D eigenvalue weighted by Gasteiger charge is -2.09. The van der Waals surface area contributed by atoms with Crippen molar-refractivity contribution in [2.75, 3.05) is 25.5 Å². The van der Waals surface area contributed by atoms with Gasteiger partial charge in [-0.15, -0.1) is 0 Å². The smallest absolute Gasteiger partial charge is 0.162 e. The maximum atomic E-state index is 12.2. The van der Waals surface area contributed by atoms with Crippen LogP contribution in [-0.4, -0.2) is 35.8 Å². The molecule has 3 rings (SSSR count). The Kier molecular flexibility index (Phi) is 4.03. The molecule has 0 amide bonds. The van der Waals surface area contributed by atoms with Crippen molar-refractivity contribution >= 4 is 10.8 Å². The summed E-state index contributed by atoms with van der Waals surface area (Å²) in [7, 11) is -0.974.